The van der Waals surface area contributed by atoms with Gasteiger partial charge in [-0.05, 0) is 49.2 Å². The molecule has 0 saturated carbocycles. The van der Waals surface area contributed by atoms with Crippen LogP contribution in [0.5, 0.6) is 0 Å². The number of nitrogens with zero attached hydrogens (tertiary/aromatic N) is 1. The summed E-state index contributed by atoms with van der Waals surface area (Å²) in [6, 6.07) is 8.48. The first-order chi connectivity index (χ1) is 18.6. The van der Waals surface area contributed by atoms with Crippen molar-refractivity contribution in [2.75, 3.05) is 43.0 Å². The normalized spacial score (nSPS) is 17.7. The molecule has 0 radical (unpaired) electrons. The molecule has 1 aromatic heterocycles. The number of rotatable bonds is 6. The van der Waals surface area contributed by atoms with Crippen LogP contribution in [0.2, 0.25) is 0 Å². The second kappa shape index (κ2) is 10.4. The number of aromatic nitrogens is 1. The number of hydrogen-bond acceptors (Lipinski definition) is 5. The summed E-state index contributed by atoms with van der Waals surface area (Å²) in [6.07, 6.45) is 1.59. The third kappa shape index (κ3) is 5.24. The number of halogens is 2. The lowest BCUT2D eigenvalue weighted by molar-refractivity contribution is -0.110. The minimum Gasteiger partial charge on any atom is -0.358 e. The van der Waals surface area contributed by atoms with Crippen molar-refractivity contribution in [1.82, 2.24) is 15.2 Å². The molecule has 39 heavy (non-hydrogen) atoms. The molecule has 2 amide bonds. The van der Waals surface area contributed by atoms with Gasteiger partial charge in [0.1, 0.15) is 11.6 Å². The van der Waals surface area contributed by atoms with Gasteiger partial charge in [0, 0.05) is 48.8 Å². The summed E-state index contributed by atoms with van der Waals surface area (Å²) >= 11 is 0. The van der Waals surface area contributed by atoms with Gasteiger partial charge in [-0.15, -0.1) is 0 Å². The number of amides is 2. The van der Waals surface area contributed by atoms with Crippen molar-refractivity contribution >= 4 is 39.0 Å². The zero-order valence-corrected chi connectivity index (χ0v) is 22.3. The van der Waals surface area contributed by atoms with E-state index in [9.17, 15) is 26.8 Å². The predicted molar refractivity (Wildman–Crippen MR) is 146 cm³/mol. The van der Waals surface area contributed by atoms with Crippen molar-refractivity contribution in [1.29, 1.82) is 0 Å². The van der Waals surface area contributed by atoms with Gasteiger partial charge in [-0.25, -0.2) is 17.2 Å². The van der Waals surface area contributed by atoms with Crippen LogP contribution in [0.1, 0.15) is 32.9 Å². The smallest absolute Gasteiger partial charge is 0.256 e. The summed E-state index contributed by atoms with van der Waals surface area (Å²) in [6.45, 7) is 5.29. The summed E-state index contributed by atoms with van der Waals surface area (Å²) < 4.78 is 52.6. The van der Waals surface area contributed by atoms with Crippen molar-refractivity contribution in [2.24, 2.45) is 0 Å². The molecule has 8 nitrogen and oxygen atoms in total. The quantitative estimate of drug-likeness (QED) is 0.404. The number of sulfone groups is 1. The maximum absolute atomic E-state index is 14.7. The molecule has 3 N–H and O–H groups in total. The van der Waals surface area contributed by atoms with Crippen LogP contribution in [0.4, 0.5) is 14.5 Å². The Labute approximate surface area is 225 Å². The van der Waals surface area contributed by atoms with E-state index in [-0.39, 0.29) is 34.1 Å². The van der Waals surface area contributed by atoms with Crippen molar-refractivity contribution in [3.63, 3.8) is 0 Å². The fraction of sp³-hybridized carbons (Fsp3) is 0.286. The molecule has 0 aliphatic carbocycles. The zero-order valence-electron chi connectivity index (χ0n) is 21.5. The molecule has 0 bridgehead atoms. The Morgan fingerprint density at radius 3 is 2.41 bits per heavy atom. The van der Waals surface area contributed by atoms with Gasteiger partial charge in [0.15, 0.2) is 9.84 Å². The molecule has 3 aromatic rings. The average Bonchev–Trinajstić information content (AvgIpc) is 3.35. The number of aromatic amines is 1. The van der Waals surface area contributed by atoms with Crippen LogP contribution in [0.3, 0.4) is 0 Å². The van der Waals surface area contributed by atoms with Gasteiger partial charge >= 0.3 is 0 Å². The van der Waals surface area contributed by atoms with Gasteiger partial charge in [-0.2, -0.15) is 0 Å². The van der Waals surface area contributed by atoms with Crippen molar-refractivity contribution in [3.05, 3.63) is 76.1 Å². The van der Waals surface area contributed by atoms with Crippen molar-refractivity contribution < 1.29 is 26.8 Å². The van der Waals surface area contributed by atoms with Gasteiger partial charge in [-0.1, -0.05) is 18.2 Å². The maximum Gasteiger partial charge on any atom is 0.256 e. The van der Waals surface area contributed by atoms with E-state index < -0.39 is 27.4 Å². The van der Waals surface area contributed by atoms with Crippen molar-refractivity contribution in [2.45, 2.75) is 13.8 Å². The van der Waals surface area contributed by atoms with Crippen LogP contribution in [0.15, 0.2) is 36.4 Å². The van der Waals surface area contributed by atoms with Gasteiger partial charge < -0.3 is 15.6 Å². The van der Waals surface area contributed by atoms with E-state index in [1.165, 1.54) is 18.2 Å². The molecule has 2 aliphatic rings. The third-order valence-electron chi connectivity index (χ3n) is 7.20. The topological polar surface area (TPSA) is 111 Å². The molecule has 2 aliphatic heterocycles. The molecule has 5 rings (SSSR count). The predicted octanol–water partition coefficient (Wildman–Crippen LogP) is 3.53. The number of hydrogen-bond donors (Lipinski definition) is 3. The molecule has 1 fully saturated rings. The molecule has 204 valence electrons. The van der Waals surface area contributed by atoms with E-state index in [2.05, 4.69) is 15.6 Å². The standard InChI is InChI=1S/C28H28F2N4O4S/c1-16-23(32-17(2)24(16)28(36)31-9-10-34-11-13-39(37,38)14-12-34)15-19-25-18(5-3-8-22(25)33-27(19)35)26-20(29)6-4-7-21(26)30/h3-8,15,32H,9-14H2,1-2H3,(H,31,36)(H,33,35)/b19-15-. The van der Waals surface area contributed by atoms with Gasteiger partial charge in [0.25, 0.3) is 11.8 Å². The first-order valence-corrected chi connectivity index (χ1v) is 14.4. The molecule has 0 atom stereocenters. The highest BCUT2D eigenvalue weighted by Gasteiger charge is 2.30. The Morgan fingerprint density at radius 2 is 1.72 bits per heavy atom. The lowest BCUT2D eigenvalue weighted by atomic mass is 9.93. The fourth-order valence-corrected chi connectivity index (χ4v) is 6.42. The molecule has 1 saturated heterocycles. The Bertz CT molecular complexity index is 1590. The highest BCUT2D eigenvalue weighted by molar-refractivity contribution is 7.91. The van der Waals surface area contributed by atoms with E-state index in [1.54, 1.807) is 38.1 Å². The first-order valence-electron chi connectivity index (χ1n) is 12.6. The van der Waals surface area contributed by atoms with E-state index >= 15 is 0 Å². The average molecular weight is 555 g/mol. The highest BCUT2D eigenvalue weighted by atomic mass is 32.2. The molecule has 2 aromatic carbocycles. The summed E-state index contributed by atoms with van der Waals surface area (Å²) in [5.41, 5.74) is 3.27. The van der Waals surface area contributed by atoms with E-state index in [0.29, 0.717) is 59.9 Å². The number of aryl methyl sites for hydroxylation is 1. The molecule has 3 heterocycles. The maximum atomic E-state index is 14.7. The van der Waals surface area contributed by atoms with Crippen LogP contribution < -0.4 is 10.6 Å². The SMILES string of the molecule is Cc1[nH]c(/C=C2\C(=O)Nc3cccc(-c4c(F)cccc4F)c32)c(C)c1C(=O)NCCN1CCS(=O)(=O)CC1. The first kappa shape index (κ1) is 26.8. The third-order valence-corrected chi connectivity index (χ3v) is 8.81. The Kier molecular flexibility index (Phi) is 7.13. The number of benzene rings is 2. The Hall–Kier alpha value is -3.83. The van der Waals surface area contributed by atoms with Crippen LogP contribution in [0, 0.1) is 25.5 Å². The largest absolute Gasteiger partial charge is 0.358 e. The lowest BCUT2D eigenvalue weighted by Crippen LogP contribution is -2.43. The number of anilines is 1. The van der Waals surface area contributed by atoms with Gasteiger partial charge in [0.2, 0.25) is 0 Å². The minimum absolute atomic E-state index is 0.122. The molecular weight excluding hydrogens is 526 g/mol. The molecular formula is C28H28F2N4O4S. The van der Waals surface area contributed by atoms with Crippen molar-refractivity contribution in [3.8, 4) is 11.1 Å². The van der Waals surface area contributed by atoms with E-state index in [0.717, 1.165) is 0 Å². The second-order valence-electron chi connectivity index (χ2n) is 9.75. The van der Waals surface area contributed by atoms with Gasteiger partial charge in [0.05, 0.1) is 28.2 Å². The molecule has 0 unspecified atom stereocenters. The van der Waals surface area contributed by atoms with Gasteiger partial charge in [-0.3, -0.25) is 14.5 Å². The summed E-state index contributed by atoms with van der Waals surface area (Å²) in [4.78, 5) is 31.1. The van der Waals surface area contributed by atoms with Crippen LogP contribution >= 0.6 is 0 Å². The Balaban J connectivity index is 1.40. The number of carbonyl (C=O) groups excluding carboxylic acids is 2. The molecule has 0 spiro atoms. The van der Waals surface area contributed by atoms with E-state index in [4.69, 9.17) is 0 Å². The lowest BCUT2D eigenvalue weighted by Gasteiger charge is -2.26. The fourth-order valence-electron chi connectivity index (χ4n) is 5.14. The number of H-pyrrole nitrogens is 1. The van der Waals surface area contributed by atoms with Crippen LogP contribution in [-0.2, 0) is 14.6 Å². The summed E-state index contributed by atoms with van der Waals surface area (Å²) in [5, 5.41) is 5.65. The summed E-state index contributed by atoms with van der Waals surface area (Å²) in [5.74, 6) is -1.94. The Morgan fingerprint density at radius 1 is 1.05 bits per heavy atom. The monoisotopic (exact) mass is 554 g/mol. The van der Waals surface area contributed by atoms with Crippen LogP contribution in [-0.4, -0.2) is 67.8 Å². The summed E-state index contributed by atoms with van der Waals surface area (Å²) in [7, 11) is -2.97. The second-order valence-corrected chi connectivity index (χ2v) is 12.1. The number of fused-ring (bicyclic) bond motifs is 1. The molecule has 11 heteroatoms. The van der Waals surface area contributed by atoms with Crippen LogP contribution in [0.25, 0.3) is 22.8 Å². The number of nitrogens with one attached hydrogen (secondary N) is 3. The minimum atomic E-state index is -2.97. The zero-order chi connectivity index (χ0) is 27.9. The number of carbonyl (C=O) groups is 2. The highest BCUT2D eigenvalue weighted by Crippen LogP contribution is 2.42. The van der Waals surface area contributed by atoms with E-state index in [1.807, 2.05) is 4.90 Å².